The summed E-state index contributed by atoms with van der Waals surface area (Å²) in [5.41, 5.74) is 0. The highest BCUT2D eigenvalue weighted by Gasteiger charge is 2.23. The molecular weight excluding hydrogens is 240 g/mol. The predicted octanol–water partition coefficient (Wildman–Crippen LogP) is 0.920. The fourth-order valence-corrected chi connectivity index (χ4v) is 2.46. The summed E-state index contributed by atoms with van der Waals surface area (Å²) in [7, 11) is 5.73. The van der Waals surface area contributed by atoms with Gasteiger partial charge in [0.05, 0.1) is 0 Å². The maximum Gasteiger partial charge on any atom is 0.316 e. The molecule has 1 fully saturated rings. The van der Waals surface area contributed by atoms with Crippen molar-refractivity contribution in [1.82, 2.24) is 20.0 Å². The van der Waals surface area contributed by atoms with Gasteiger partial charge in [-0.2, -0.15) is 0 Å². The van der Waals surface area contributed by atoms with Crippen molar-refractivity contribution in [3.05, 3.63) is 0 Å². The summed E-state index contributed by atoms with van der Waals surface area (Å²) in [6.07, 6.45) is 1.14. The molecule has 1 aliphatic rings. The first kappa shape index (κ1) is 16.2. The van der Waals surface area contributed by atoms with E-state index in [1.165, 1.54) is 0 Å². The number of hydrogen-bond acceptors (Lipinski definition) is 3. The molecule has 0 bridgehead atoms. The molecule has 2 amide bonds. The Morgan fingerprint density at radius 2 is 1.79 bits per heavy atom. The normalized spacial score (nSPS) is 19.5. The number of nitrogens with zero attached hydrogens (tertiary/aromatic N) is 3. The van der Waals surface area contributed by atoms with Crippen LogP contribution in [0, 0.1) is 5.92 Å². The highest BCUT2D eigenvalue weighted by Crippen LogP contribution is 2.13. The minimum Gasteiger partial charge on any atom is -0.336 e. The van der Waals surface area contributed by atoms with Crippen LogP contribution in [-0.4, -0.2) is 80.6 Å². The van der Waals surface area contributed by atoms with Crippen LogP contribution in [0.3, 0.4) is 0 Å². The number of urea groups is 1. The second-order valence-electron chi connectivity index (χ2n) is 6.20. The van der Waals surface area contributed by atoms with Crippen LogP contribution in [0.25, 0.3) is 0 Å². The molecule has 0 aromatic heterocycles. The fourth-order valence-electron chi connectivity index (χ4n) is 2.46. The van der Waals surface area contributed by atoms with Gasteiger partial charge in [0, 0.05) is 52.9 Å². The highest BCUT2D eigenvalue weighted by atomic mass is 16.2. The molecule has 1 aliphatic heterocycles. The molecule has 1 N–H and O–H groups in total. The van der Waals surface area contributed by atoms with Gasteiger partial charge in [-0.05, 0) is 19.4 Å². The van der Waals surface area contributed by atoms with Gasteiger partial charge in [-0.25, -0.2) is 4.79 Å². The molecular formula is C14H30N4O. The van der Waals surface area contributed by atoms with Gasteiger partial charge in [-0.1, -0.05) is 13.8 Å². The summed E-state index contributed by atoms with van der Waals surface area (Å²) in [5, 5.41) is 3.03. The fraction of sp³-hybridized carbons (Fsp3) is 0.929. The zero-order chi connectivity index (χ0) is 14.4. The third kappa shape index (κ3) is 5.78. The van der Waals surface area contributed by atoms with E-state index < -0.39 is 0 Å². The van der Waals surface area contributed by atoms with Crippen molar-refractivity contribution in [1.29, 1.82) is 0 Å². The lowest BCUT2D eigenvalue weighted by atomic mass is 10.0. The number of likely N-dealkylation sites (N-methyl/N-ethyl adjacent to an activating group) is 1. The molecule has 1 unspecified atom stereocenters. The van der Waals surface area contributed by atoms with E-state index in [1.807, 2.05) is 0 Å². The van der Waals surface area contributed by atoms with Crippen LogP contribution in [0.1, 0.15) is 20.3 Å². The van der Waals surface area contributed by atoms with E-state index in [-0.39, 0.29) is 6.03 Å². The molecule has 19 heavy (non-hydrogen) atoms. The number of piperazine rings is 1. The van der Waals surface area contributed by atoms with Crippen LogP contribution >= 0.6 is 0 Å². The molecule has 1 saturated heterocycles. The molecule has 1 atom stereocenters. The number of amides is 2. The Morgan fingerprint density at radius 3 is 2.26 bits per heavy atom. The van der Waals surface area contributed by atoms with E-state index in [9.17, 15) is 4.79 Å². The van der Waals surface area contributed by atoms with Crippen molar-refractivity contribution in [3.63, 3.8) is 0 Å². The number of nitrogens with one attached hydrogen (secondary N) is 1. The molecule has 112 valence electrons. The lowest BCUT2D eigenvalue weighted by Crippen LogP contribution is -2.53. The number of carbonyl (C=O) groups excluding carboxylic acids is 1. The van der Waals surface area contributed by atoms with Crippen LogP contribution in [0.5, 0.6) is 0 Å². The van der Waals surface area contributed by atoms with Crippen LogP contribution in [0.2, 0.25) is 0 Å². The highest BCUT2D eigenvalue weighted by molar-refractivity contribution is 5.73. The van der Waals surface area contributed by atoms with E-state index in [0.29, 0.717) is 12.0 Å². The largest absolute Gasteiger partial charge is 0.336 e. The van der Waals surface area contributed by atoms with E-state index >= 15 is 0 Å². The number of carbonyl (C=O) groups is 1. The summed E-state index contributed by atoms with van der Waals surface area (Å²) in [4.78, 5) is 18.1. The van der Waals surface area contributed by atoms with Gasteiger partial charge in [-0.15, -0.1) is 0 Å². The first-order valence-corrected chi connectivity index (χ1v) is 7.28. The molecule has 0 radical (unpaired) electrons. The van der Waals surface area contributed by atoms with Gasteiger partial charge in [0.15, 0.2) is 0 Å². The summed E-state index contributed by atoms with van der Waals surface area (Å²) in [6, 6.07) is 0.459. The summed E-state index contributed by atoms with van der Waals surface area (Å²) >= 11 is 0. The summed E-state index contributed by atoms with van der Waals surface area (Å²) < 4.78 is 0. The zero-order valence-electron chi connectivity index (χ0n) is 13.1. The maximum absolute atomic E-state index is 11.7. The van der Waals surface area contributed by atoms with Crippen LogP contribution in [0.4, 0.5) is 4.79 Å². The van der Waals surface area contributed by atoms with E-state index in [4.69, 9.17) is 0 Å². The van der Waals surface area contributed by atoms with E-state index in [1.54, 1.807) is 19.0 Å². The van der Waals surface area contributed by atoms with Crippen LogP contribution < -0.4 is 5.32 Å². The average molecular weight is 270 g/mol. The minimum atomic E-state index is 0.00267. The minimum absolute atomic E-state index is 0.00267. The van der Waals surface area contributed by atoms with Gasteiger partial charge >= 0.3 is 6.03 Å². The first-order chi connectivity index (χ1) is 8.90. The monoisotopic (exact) mass is 270 g/mol. The molecule has 0 saturated carbocycles. The molecule has 1 heterocycles. The van der Waals surface area contributed by atoms with Gasteiger partial charge < -0.3 is 15.1 Å². The lowest BCUT2D eigenvalue weighted by molar-refractivity contribution is 0.0993. The second kappa shape index (κ2) is 7.70. The molecule has 0 aliphatic carbocycles. The molecule has 0 aromatic carbocycles. The summed E-state index contributed by atoms with van der Waals surface area (Å²) in [6.45, 7) is 9.69. The lowest BCUT2D eigenvalue weighted by Gasteiger charge is -2.38. The van der Waals surface area contributed by atoms with Gasteiger partial charge in [-0.3, -0.25) is 4.90 Å². The SMILES string of the molecule is CC(C)CC(CNC(=O)N(C)C)N1CCN(C)CC1. The van der Waals surface area contributed by atoms with Crippen LogP contribution in [0.15, 0.2) is 0 Å². The Morgan fingerprint density at radius 1 is 1.21 bits per heavy atom. The number of hydrogen-bond donors (Lipinski definition) is 1. The van der Waals surface area contributed by atoms with Crippen LogP contribution in [-0.2, 0) is 0 Å². The topological polar surface area (TPSA) is 38.8 Å². The van der Waals surface area contributed by atoms with Crippen molar-refractivity contribution in [3.8, 4) is 0 Å². The Labute approximate surface area is 117 Å². The average Bonchev–Trinajstić information content (AvgIpc) is 2.34. The third-order valence-electron chi connectivity index (χ3n) is 3.69. The number of rotatable bonds is 5. The smallest absolute Gasteiger partial charge is 0.316 e. The van der Waals surface area contributed by atoms with Gasteiger partial charge in [0.25, 0.3) is 0 Å². The van der Waals surface area contributed by atoms with Gasteiger partial charge in [0.2, 0.25) is 0 Å². The molecule has 5 nitrogen and oxygen atoms in total. The maximum atomic E-state index is 11.7. The van der Waals surface area contributed by atoms with Crippen molar-refractivity contribution >= 4 is 6.03 Å². The Kier molecular flexibility index (Phi) is 6.58. The Bertz CT molecular complexity index is 273. The quantitative estimate of drug-likeness (QED) is 0.807. The molecule has 5 heteroatoms. The second-order valence-corrected chi connectivity index (χ2v) is 6.20. The van der Waals surface area contributed by atoms with Crippen molar-refractivity contribution in [2.75, 3.05) is 53.9 Å². The summed E-state index contributed by atoms with van der Waals surface area (Å²) in [5.74, 6) is 0.654. The third-order valence-corrected chi connectivity index (χ3v) is 3.69. The van der Waals surface area contributed by atoms with E-state index in [2.05, 4.69) is 36.0 Å². The van der Waals surface area contributed by atoms with Crippen molar-refractivity contribution < 1.29 is 4.79 Å². The predicted molar refractivity (Wildman–Crippen MR) is 79.4 cm³/mol. The first-order valence-electron chi connectivity index (χ1n) is 7.28. The van der Waals surface area contributed by atoms with Crippen molar-refractivity contribution in [2.45, 2.75) is 26.3 Å². The molecule has 0 aromatic rings. The van der Waals surface area contributed by atoms with Gasteiger partial charge in [0.1, 0.15) is 0 Å². The molecule has 0 spiro atoms. The molecule has 1 rings (SSSR count). The Balaban J connectivity index is 2.49. The Hall–Kier alpha value is -0.810. The zero-order valence-corrected chi connectivity index (χ0v) is 13.1. The van der Waals surface area contributed by atoms with E-state index in [0.717, 1.165) is 39.1 Å². The van der Waals surface area contributed by atoms with Crippen molar-refractivity contribution in [2.24, 2.45) is 5.92 Å². The standard InChI is InChI=1S/C14H30N4O/c1-12(2)10-13(11-15-14(19)16(3)4)18-8-6-17(5)7-9-18/h12-13H,6-11H2,1-5H3,(H,15,19).